The quantitative estimate of drug-likeness (QED) is 0.0979. The van der Waals surface area contributed by atoms with Crippen molar-refractivity contribution >= 4 is 35.6 Å². The Hall–Kier alpha value is -4.31. The van der Waals surface area contributed by atoms with Crippen molar-refractivity contribution in [2.24, 2.45) is 15.1 Å². The molecule has 0 N–H and O–H groups in total. The van der Waals surface area contributed by atoms with Gasteiger partial charge in [-0.05, 0) is 72.0 Å². The Balaban J connectivity index is 1.86. The van der Waals surface area contributed by atoms with E-state index in [0.717, 1.165) is 16.7 Å². The predicted molar refractivity (Wildman–Crippen MR) is 159 cm³/mol. The number of hydrazone groups is 1. The monoisotopic (exact) mass is 474 g/mol. The molecule has 4 nitrogen and oxygen atoms in total. The van der Waals surface area contributed by atoms with Crippen molar-refractivity contribution in [3.05, 3.63) is 114 Å². The molecule has 0 heterocycles. The van der Waals surface area contributed by atoms with Crippen molar-refractivity contribution in [1.82, 2.24) is 5.01 Å². The summed E-state index contributed by atoms with van der Waals surface area (Å²) in [5.74, 6) is 0.481. The average Bonchev–Trinajstić information content (AvgIpc) is 2.90. The smallest absolute Gasteiger partial charge is 0.177 e. The number of hydrogen-bond acceptors (Lipinski definition) is 3. The third-order valence-electron chi connectivity index (χ3n) is 5.80. The first-order valence-electron chi connectivity index (χ1n) is 11.9. The average molecular weight is 475 g/mol. The number of allylic oxidation sites excluding steroid dienone is 2. The van der Waals surface area contributed by atoms with E-state index in [-0.39, 0.29) is 0 Å². The topological polar surface area (TPSA) is 40.3 Å². The summed E-state index contributed by atoms with van der Waals surface area (Å²) in [6, 6.07) is 23.6. The Labute approximate surface area is 215 Å². The molecule has 36 heavy (non-hydrogen) atoms. The van der Waals surface area contributed by atoms with Gasteiger partial charge in [-0.15, -0.1) is 0 Å². The third-order valence-corrected chi connectivity index (χ3v) is 5.80. The zero-order valence-electron chi connectivity index (χ0n) is 21.5. The molecule has 0 aliphatic rings. The fourth-order valence-corrected chi connectivity index (χ4v) is 3.96. The maximum absolute atomic E-state index is 4.50. The van der Waals surface area contributed by atoms with Crippen LogP contribution in [0.4, 0.5) is 0 Å². The fraction of sp³-hybridized carbons (Fsp3) is 0.156. The van der Waals surface area contributed by atoms with Gasteiger partial charge in [0.2, 0.25) is 0 Å². The Morgan fingerprint density at radius 1 is 0.944 bits per heavy atom. The van der Waals surface area contributed by atoms with Gasteiger partial charge in [0.15, 0.2) is 5.84 Å². The summed E-state index contributed by atoms with van der Waals surface area (Å²) in [4.78, 5) is 8.17. The van der Waals surface area contributed by atoms with Crippen molar-refractivity contribution in [3.63, 3.8) is 0 Å². The zero-order valence-corrected chi connectivity index (χ0v) is 21.5. The molecule has 0 fully saturated rings. The molecule has 4 heteroatoms. The van der Waals surface area contributed by atoms with Gasteiger partial charge in [-0.3, -0.25) is 10.0 Å². The molecule has 3 aromatic rings. The standard InChI is InChI=1S/C32H34N4/c1-7-8-20-36(6)35-32(34-5)25(3)22-26(23-33-4)21-24(2)27-16-18-29(19-17-27)31-15-11-13-28-12-9-10-14-30(28)31/h7-19,21-22H,3-5,20,23H2,1-2,6H3/b8-7-,24-21+,26-22+,35-32-. The number of amidine groups is 1. The molecule has 0 bridgehead atoms. The number of aliphatic imine (C=N–C) groups is 2. The number of hydrogen-bond donors (Lipinski definition) is 0. The first kappa shape index (κ1) is 26.3. The lowest BCUT2D eigenvalue weighted by molar-refractivity contribution is 0.394. The second-order valence-corrected chi connectivity index (χ2v) is 8.55. The van der Waals surface area contributed by atoms with Crippen molar-refractivity contribution < 1.29 is 0 Å². The normalized spacial score (nSPS) is 12.7. The van der Waals surface area contributed by atoms with E-state index in [1.54, 1.807) is 5.01 Å². The summed E-state index contributed by atoms with van der Waals surface area (Å²) < 4.78 is 0. The molecular weight excluding hydrogens is 440 g/mol. The number of fused-ring (bicyclic) bond motifs is 1. The van der Waals surface area contributed by atoms with Crippen molar-refractivity contribution in [1.29, 1.82) is 0 Å². The lowest BCUT2D eigenvalue weighted by Crippen LogP contribution is -2.14. The highest BCUT2D eigenvalue weighted by atomic mass is 15.4. The molecule has 0 spiro atoms. The van der Waals surface area contributed by atoms with E-state index in [9.17, 15) is 0 Å². The summed E-state index contributed by atoms with van der Waals surface area (Å²) >= 11 is 0. The minimum atomic E-state index is 0.462. The maximum atomic E-state index is 4.50. The van der Waals surface area contributed by atoms with E-state index in [2.05, 4.69) is 115 Å². The van der Waals surface area contributed by atoms with Crippen LogP contribution < -0.4 is 0 Å². The van der Waals surface area contributed by atoms with Crippen molar-refractivity contribution in [2.75, 3.05) is 20.1 Å². The first-order chi connectivity index (χ1) is 17.5. The van der Waals surface area contributed by atoms with Crippen LogP contribution in [0.15, 0.2) is 124 Å². The summed E-state index contributed by atoms with van der Waals surface area (Å²) in [6.45, 7) is 16.7. The molecule has 0 saturated carbocycles. The van der Waals surface area contributed by atoms with Crippen LogP contribution in [0.2, 0.25) is 0 Å². The molecule has 0 radical (unpaired) electrons. The summed E-state index contributed by atoms with van der Waals surface area (Å²) in [5, 5.41) is 8.80. The van der Waals surface area contributed by atoms with E-state index in [4.69, 9.17) is 0 Å². The van der Waals surface area contributed by atoms with E-state index >= 15 is 0 Å². The van der Waals surface area contributed by atoms with Crippen molar-refractivity contribution in [3.8, 4) is 11.1 Å². The summed E-state index contributed by atoms with van der Waals surface area (Å²) in [7, 11) is 1.89. The predicted octanol–water partition coefficient (Wildman–Crippen LogP) is 7.62. The molecule has 3 rings (SSSR count). The Morgan fingerprint density at radius 2 is 1.67 bits per heavy atom. The highest BCUT2D eigenvalue weighted by Gasteiger charge is 2.06. The molecule has 0 aliphatic carbocycles. The van der Waals surface area contributed by atoms with E-state index < -0.39 is 0 Å². The van der Waals surface area contributed by atoms with E-state index in [0.29, 0.717) is 24.5 Å². The van der Waals surface area contributed by atoms with Crippen LogP contribution in [0, 0.1) is 0 Å². The summed E-state index contributed by atoms with van der Waals surface area (Å²) in [6.07, 6.45) is 8.06. The van der Waals surface area contributed by atoms with Gasteiger partial charge in [0.25, 0.3) is 0 Å². The zero-order chi connectivity index (χ0) is 25.9. The molecule has 0 atom stereocenters. The van der Waals surface area contributed by atoms with Gasteiger partial charge >= 0.3 is 0 Å². The molecule has 0 aromatic heterocycles. The number of nitrogens with zero attached hydrogens (tertiary/aromatic N) is 4. The van der Waals surface area contributed by atoms with Gasteiger partial charge in [-0.2, -0.15) is 5.10 Å². The lowest BCUT2D eigenvalue weighted by Gasteiger charge is -2.12. The maximum Gasteiger partial charge on any atom is 0.177 e. The molecule has 0 saturated heterocycles. The minimum absolute atomic E-state index is 0.462. The van der Waals surface area contributed by atoms with Crippen LogP contribution in [0.5, 0.6) is 0 Å². The highest BCUT2D eigenvalue weighted by Crippen LogP contribution is 2.29. The van der Waals surface area contributed by atoms with Gasteiger partial charge in [-0.25, -0.2) is 4.99 Å². The van der Waals surface area contributed by atoms with E-state index in [1.165, 1.54) is 21.9 Å². The van der Waals surface area contributed by atoms with Gasteiger partial charge in [-0.1, -0.05) is 91.5 Å². The number of benzene rings is 3. The molecular formula is C32H34N4. The van der Waals surface area contributed by atoms with Crippen LogP contribution in [-0.4, -0.2) is 44.4 Å². The number of likely N-dealkylation sites (N-methyl/N-ethyl adjacent to an activating group) is 1. The summed E-state index contributed by atoms with van der Waals surface area (Å²) in [5.41, 5.74) is 6.33. The fourth-order valence-electron chi connectivity index (χ4n) is 3.96. The van der Waals surface area contributed by atoms with Crippen LogP contribution in [-0.2, 0) is 0 Å². The molecule has 3 aromatic carbocycles. The van der Waals surface area contributed by atoms with Crippen LogP contribution in [0.3, 0.4) is 0 Å². The van der Waals surface area contributed by atoms with Gasteiger partial charge in [0, 0.05) is 12.6 Å². The van der Waals surface area contributed by atoms with Gasteiger partial charge in [0.1, 0.15) is 0 Å². The second kappa shape index (κ2) is 13.0. The van der Waals surface area contributed by atoms with E-state index in [1.807, 2.05) is 32.2 Å². The third kappa shape index (κ3) is 6.86. The molecule has 182 valence electrons. The Bertz CT molecular complexity index is 1350. The molecule has 0 aliphatic heterocycles. The largest absolute Gasteiger partial charge is 0.296 e. The second-order valence-electron chi connectivity index (χ2n) is 8.55. The molecule has 0 amide bonds. The minimum Gasteiger partial charge on any atom is -0.296 e. The molecule has 0 unspecified atom stereocenters. The van der Waals surface area contributed by atoms with Gasteiger partial charge in [0.05, 0.1) is 13.1 Å². The first-order valence-corrected chi connectivity index (χ1v) is 11.9. The van der Waals surface area contributed by atoms with Gasteiger partial charge < -0.3 is 0 Å². The number of rotatable bonds is 10. The Morgan fingerprint density at radius 3 is 2.36 bits per heavy atom. The Kier molecular flexibility index (Phi) is 9.47. The SMILES string of the molecule is C=NCC(=C/C(=C)/C(N=C)=N/N(C)C/C=C\C)/C=C(\C)c1ccc(-c2cccc3ccccc23)cc1. The van der Waals surface area contributed by atoms with Crippen LogP contribution in [0.1, 0.15) is 19.4 Å². The highest BCUT2D eigenvalue weighted by molar-refractivity contribution is 6.02. The van der Waals surface area contributed by atoms with Crippen LogP contribution in [0.25, 0.3) is 27.5 Å². The van der Waals surface area contributed by atoms with Crippen molar-refractivity contribution in [2.45, 2.75) is 13.8 Å². The van der Waals surface area contributed by atoms with Crippen LogP contribution >= 0.6 is 0 Å². The lowest BCUT2D eigenvalue weighted by atomic mass is 9.96.